The Balaban J connectivity index is 0.000000389. The van der Waals surface area contributed by atoms with Gasteiger partial charge in [0, 0.05) is 38.0 Å². The molecule has 0 atom stereocenters. The van der Waals surface area contributed by atoms with E-state index >= 15 is 0 Å². The number of rotatable bonds is 11. The number of hydrogen-bond donors (Lipinski definition) is 1. The third kappa shape index (κ3) is 11.0. The molecular formula is C46H64GeIrNO3-. The second-order valence-corrected chi connectivity index (χ2v) is 29.8. The van der Waals surface area contributed by atoms with Crippen LogP contribution in [0.2, 0.25) is 17.3 Å². The number of aliphatic hydroxyl groups is 1. The van der Waals surface area contributed by atoms with Gasteiger partial charge in [0.15, 0.2) is 5.78 Å². The van der Waals surface area contributed by atoms with E-state index in [0.29, 0.717) is 0 Å². The minimum absolute atomic E-state index is 0. The second-order valence-electron chi connectivity index (χ2n) is 18.3. The molecule has 1 aromatic heterocycles. The van der Waals surface area contributed by atoms with Crippen molar-refractivity contribution in [1.82, 2.24) is 4.98 Å². The molecule has 1 radical (unpaired) electrons. The van der Waals surface area contributed by atoms with Gasteiger partial charge in [-0.05, 0) is 25.7 Å². The number of allylic oxidation sites excluding steroid dienone is 2. The van der Waals surface area contributed by atoms with Gasteiger partial charge in [0.2, 0.25) is 0 Å². The van der Waals surface area contributed by atoms with E-state index in [9.17, 15) is 9.90 Å². The average molecular weight is 944 g/mol. The van der Waals surface area contributed by atoms with Gasteiger partial charge in [0.1, 0.15) is 0 Å². The molecule has 1 aliphatic heterocycles. The van der Waals surface area contributed by atoms with Gasteiger partial charge in [-0.15, -0.1) is 0 Å². The molecule has 0 amide bonds. The van der Waals surface area contributed by atoms with E-state index < -0.39 is 13.3 Å². The van der Waals surface area contributed by atoms with Crippen molar-refractivity contribution in [2.45, 2.75) is 130 Å². The largest absolute Gasteiger partial charge is 0.512 e. The summed E-state index contributed by atoms with van der Waals surface area (Å²) in [5, 5.41) is 15.7. The van der Waals surface area contributed by atoms with Crippen LogP contribution in [-0.2, 0) is 43.0 Å². The molecule has 0 saturated heterocycles. The van der Waals surface area contributed by atoms with Crippen LogP contribution in [0.5, 0.6) is 11.5 Å². The van der Waals surface area contributed by atoms with Crippen LogP contribution >= 0.6 is 0 Å². The van der Waals surface area contributed by atoms with Crippen LogP contribution < -0.4 is 4.74 Å². The van der Waals surface area contributed by atoms with Crippen molar-refractivity contribution in [3.8, 4) is 22.8 Å². The Morgan fingerprint density at radius 3 is 2.04 bits per heavy atom. The van der Waals surface area contributed by atoms with Crippen LogP contribution in [0, 0.1) is 28.7 Å². The summed E-state index contributed by atoms with van der Waals surface area (Å²) in [6.45, 7) is 21.9. The first-order valence-corrected chi connectivity index (χ1v) is 27.1. The molecule has 6 heteroatoms. The zero-order valence-electron chi connectivity index (χ0n) is 34.3. The molecule has 0 fully saturated rings. The van der Waals surface area contributed by atoms with E-state index in [4.69, 9.17) is 9.72 Å². The fraction of sp³-hybridized carbons (Fsp3) is 0.522. The van der Waals surface area contributed by atoms with Crippen molar-refractivity contribution in [2.24, 2.45) is 22.7 Å². The molecule has 52 heavy (non-hydrogen) atoms. The predicted molar refractivity (Wildman–Crippen MR) is 221 cm³/mol. The molecule has 1 aliphatic rings. The molecule has 0 saturated carbocycles. The van der Waals surface area contributed by atoms with Gasteiger partial charge in [-0.3, -0.25) is 4.79 Å². The Hall–Kier alpha value is -2.47. The van der Waals surface area contributed by atoms with Gasteiger partial charge >= 0.3 is 200 Å². The topological polar surface area (TPSA) is 59.4 Å². The monoisotopic (exact) mass is 945 g/mol. The molecule has 2 heterocycles. The van der Waals surface area contributed by atoms with Gasteiger partial charge in [-0.2, -0.15) is 0 Å². The van der Waals surface area contributed by atoms with Crippen molar-refractivity contribution < 1.29 is 34.7 Å². The summed E-state index contributed by atoms with van der Waals surface area (Å²) in [5.74, 6) is 9.95. The predicted octanol–water partition coefficient (Wildman–Crippen LogP) is 13.4. The number of pyridine rings is 1. The maximum atomic E-state index is 11.7. The standard InChI is InChI=1S/C33H40GeNO.C13H24O2.Ir/c1-32(2,3)18-21-10-13-25-24(16-21)17-26-29-28-22(14-15-35-29)11-12-23(20-34(7,8)9)30(28)36-31(26)27(25)19-33(4,5)6;1-5-10(6-2)12(14)9-13(15)11(7-3)8-4;/h10-16H,18-20H2,1-9H3;9-11,14H,5-8H2,1-4H3;/q-1;;/b;12-9-;. The molecule has 3 aromatic carbocycles. The number of benzene rings is 3. The summed E-state index contributed by atoms with van der Waals surface area (Å²) < 4.78 is 6.98. The van der Waals surface area contributed by atoms with Crippen LogP contribution in [0.4, 0.5) is 0 Å². The van der Waals surface area contributed by atoms with Crippen LogP contribution in [0.15, 0.2) is 54.4 Å². The van der Waals surface area contributed by atoms with Gasteiger partial charge < -0.3 is 5.11 Å². The molecule has 5 rings (SSSR count). The number of aromatic nitrogens is 1. The molecule has 4 nitrogen and oxygen atoms in total. The van der Waals surface area contributed by atoms with Gasteiger partial charge in [0.05, 0.1) is 5.76 Å². The number of carbonyl (C=O) groups is 1. The maximum absolute atomic E-state index is 11.7. The van der Waals surface area contributed by atoms with Crippen molar-refractivity contribution in [3.63, 3.8) is 0 Å². The Kier molecular flexibility index (Phi) is 15.0. The summed E-state index contributed by atoms with van der Waals surface area (Å²) in [5.41, 5.74) is 6.36. The molecule has 4 aromatic rings. The van der Waals surface area contributed by atoms with E-state index in [1.807, 2.05) is 33.9 Å². The first-order valence-electron chi connectivity index (χ1n) is 19.3. The first-order chi connectivity index (χ1) is 23.8. The number of nitrogens with zero attached hydrogens (tertiary/aromatic N) is 1. The quantitative estimate of drug-likeness (QED) is 0.0620. The number of ketones is 1. The summed E-state index contributed by atoms with van der Waals surface area (Å²) in [6, 6.07) is 17.4. The fourth-order valence-corrected chi connectivity index (χ4v) is 10.3. The molecule has 0 unspecified atom stereocenters. The summed E-state index contributed by atoms with van der Waals surface area (Å²) in [4.78, 5) is 16.7. The average Bonchev–Trinajstić information content (AvgIpc) is 3.02. The number of ether oxygens (including phenoxy) is 1. The van der Waals surface area contributed by atoms with Gasteiger partial charge in [-0.25, -0.2) is 0 Å². The number of fused-ring (bicyclic) bond motifs is 3. The number of aliphatic hydroxyl groups excluding tert-OH is 1. The van der Waals surface area contributed by atoms with E-state index in [-0.39, 0.29) is 54.3 Å². The van der Waals surface area contributed by atoms with E-state index in [2.05, 4.69) is 101 Å². The summed E-state index contributed by atoms with van der Waals surface area (Å²) in [7, 11) is 0. The van der Waals surface area contributed by atoms with Crippen molar-refractivity contribution in [1.29, 1.82) is 0 Å². The Bertz CT molecular complexity index is 1880. The summed E-state index contributed by atoms with van der Waals surface area (Å²) >= 11 is -1.87. The number of hydrogen-bond acceptors (Lipinski definition) is 4. The Labute approximate surface area is 331 Å². The van der Waals surface area contributed by atoms with Crippen LogP contribution in [-0.4, -0.2) is 29.1 Å². The SMILES string of the molecule is CC(C)(C)Cc1ccc2c(CC(C)(C)C)c3c([c-]c2c1)-c1nccc2ccc([CH2][Ge]([CH3])([CH3])[CH3])c(c12)O3.CCC(CC)C(=O)/C=C(\O)C(CC)CC.[Ir]. The van der Waals surface area contributed by atoms with Crippen molar-refractivity contribution >= 4 is 40.6 Å². The second kappa shape index (κ2) is 17.8. The molecule has 285 valence electrons. The molecular weight excluding hydrogens is 879 g/mol. The third-order valence-corrected chi connectivity index (χ3v) is 12.8. The Morgan fingerprint density at radius 2 is 1.48 bits per heavy atom. The van der Waals surface area contributed by atoms with E-state index in [1.165, 1.54) is 38.9 Å². The zero-order valence-corrected chi connectivity index (χ0v) is 38.8. The van der Waals surface area contributed by atoms with Crippen molar-refractivity contribution in [3.05, 3.63) is 77.2 Å². The Morgan fingerprint density at radius 1 is 0.865 bits per heavy atom. The van der Waals surface area contributed by atoms with Gasteiger partial charge in [0.25, 0.3) is 0 Å². The first kappa shape index (κ1) is 43.9. The van der Waals surface area contributed by atoms with Crippen molar-refractivity contribution in [2.75, 3.05) is 0 Å². The molecule has 0 bridgehead atoms. The smallest absolute Gasteiger partial charge is 0.162 e. The van der Waals surface area contributed by atoms with Crippen LogP contribution in [0.1, 0.15) is 112 Å². The minimum atomic E-state index is -1.87. The van der Waals surface area contributed by atoms with E-state index in [1.54, 1.807) is 0 Å². The zero-order chi connectivity index (χ0) is 37.9. The number of carbonyl (C=O) groups excluding carboxylic acids is 1. The van der Waals surface area contributed by atoms with E-state index in [0.717, 1.165) is 71.9 Å². The molecule has 0 aliphatic carbocycles. The molecule has 0 spiro atoms. The summed E-state index contributed by atoms with van der Waals surface area (Å²) in [6.07, 6.45) is 8.82. The van der Waals surface area contributed by atoms with Crippen LogP contribution in [0.3, 0.4) is 0 Å². The molecule has 1 N–H and O–H groups in total. The minimum Gasteiger partial charge on any atom is -0.512 e. The van der Waals surface area contributed by atoms with Crippen LogP contribution in [0.25, 0.3) is 32.8 Å². The van der Waals surface area contributed by atoms with Gasteiger partial charge in [-0.1, -0.05) is 48.5 Å². The normalized spacial score (nSPS) is 13.1. The maximum Gasteiger partial charge on any atom is 0.162 e. The fourth-order valence-electron chi connectivity index (χ4n) is 7.31. The third-order valence-electron chi connectivity index (χ3n) is 9.82.